The summed E-state index contributed by atoms with van der Waals surface area (Å²) in [6, 6.07) is -0.802. The van der Waals surface area contributed by atoms with Crippen LogP contribution in [0.3, 0.4) is 0 Å². The molecule has 1 amide bonds. The van der Waals surface area contributed by atoms with Gasteiger partial charge in [-0.25, -0.2) is 4.79 Å². The molecule has 0 aromatic heterocycles. The lowest BCUT2D eigenvalue weighted by atomic mass is 9.47. The van der Waals surface area contributed by atoms with Crippen LogP contribution < -0.4 is 5.32 Å². The van der Waals surface area contributed by atoms with Crippen LogP contribution in [0.4, 0.5) is 4.79 Å². The molecule has 0 heterocycles. The van der Waals surface area contributed by atoms with Gasteiger partial charge in [0.1, 0.15) is 6.04 Å². The van der Waals surface area contributed by atoms with Gasteiger partial charge in [0.15, 0.2) is 5.81 Å². The van der Waals surface area contributed by atoms with E-state index in [1.54, 1.807) is 0 Å². The number of aliphatic carboxylic acids is 1. The van der Waals surface area contributed by atoms with Crippen molar-refractivity contribution in [1.82, 2.24) is 5.32 Å². The molecule has 1 atom stereocenters. The van der Waals surface area contributed by atoms with Crippen LogP contribution in [0, 0.1) is 23.2 Å². The van der Waals surface area contributed by atoms with Crippen molar-refractivity contribution in [1.29, 1.82) is 0 Å². The number of carbonyl (C=O) groups is 2. The van der Waals surface area contributed by atoms with Gasteiger partial charge in [-0.1, -0.05) is 0 Å². The van der Waals surface area contributed by atoms with Crippen molar-refractivity contribution < 1.29 is 14.7 Å². The van der Waals surface area contributed by atoms with Gasteiger partial charge in [-0.05, 0) is 56.3 Å². The standard InChI is InChI=1S/C13H18BNO3/c14-12(18)15-10(11(16)17)13-4-7-1-8(5-13)3-9(2-7)6-13/h7-10H,1-6H2,(H,15,18)(H,16,17). The molecule has 1 unspecified atom stereocenters. The summed E-state index contributed by atoms with van der Waals surface area (Å²) in [5, 5.41) is 11.9. The molecule has 4 bridgehead atoms. The first-order valence-electron chi connectivity index (χ1n) is 6.77. The molecule has 0 aliphatic heterocycles. The molecule has 4 aliphatic rings. The second-order valence-corrected chi connectivity index (χ2v) is 6.56. The van der Waals surface area contributed by atoms with Crippen LogP contribution >= 0.6 is 0 Å². The number of carboxylic acid groups (broad SMARTS) is 1. The normalized spacial score (nSPS) is 42.6. The second kappa shape index (κ2) is 4.00. The molecule has 18 heavy (non-hydrogen) atoms. The Morgan fingerprint density at radius 1 is 1.11 bits per heavy atom. The van der Waals surface area contributed by atoms with E-state index in [0.29, 0.717) is 17.8 Å². The van der Waals surface area contributed by atoms with Gasteiger partial charge in [0.2, 0.25) is 7.85 Å². The quantitative estimate of drug-likeness (QED) is 0.743. The molecule has 2 radical (unpaired) electrons. The number of carboxylic acids is 1. The number of rotatable bonds is 3. The fourth-order valence-corrected chi connectivity index (χ4v) is 5.15. The monoisotopic (exact) mass is 247 g/mol. The number of nitrogens with one attached hydrogen (secondary N) is 1. The van der Waals surface area contributed by atoms with Gasteiger partial charge in [-0.15, -0.1) is 0 Å². The Balaban J connectivity index is 1.88. The number of carbonyl (C=O) groups excluding carboxylic acids is 1. The van der Waals surface area contributed by atoms with Crippen molar-refractivity contribution in [3.63, 3.8) is 0 Å². The third-order valence-corrected chi connectivity index (χ3v) is 5.23. The summed E-state index contributed by atoms with van der Waals surface area (Å²) in [6.07, 6.45) is 6.58. The summed E-state index contributed by atoms with van der Waals surface area (Å²) < 4.78 is 0. The molecule has 0 spiro atoms. The molecule has 4 saturated carbocycles. The van der Waals surface area contributed by atoms with E-state index < -0.39 is 17.8 Å². The summed E-state index contributed by atoms with van der Waals surface area (Å²) in [5.41, 5.74) is -0.240. The van der Waals surface area contributed by atoms with Crippen molar-refractivity contribution in [3.8, 4) is 0 Å². The first-order valence-corrected chi connectivity index (χ1v) is 6.77. The Morgan fingerprint density at radius 2 is 1.56 bits per heavy atom. The first-order chi connectivity index (χ1) is 8.48. The molecule has 0 aromatic carbocycles. The van der Waals surface area contributed by atoms with Crippen LogP contribution in [0.25, 0.3) is 0 Å². The van der Waals surface area contributed by atoms with Crippen LogP contribution in [0.1, 0.15) is 38.5 Å². The smallest absolute Gasteiger partial charge is 0.326 e. The molecule has 2 N–H and O–H groups in total. The zero-order valence-electron chi connectivity index (χ0n) is 10.4. The molecular formula is C13H18BNO3. The van der Waals surface area contributed by atoms with Crippen molar-refractivity contribution in [2.24, 2.45) is 23.2 Å². The highest BCUT2D eigenvalue weighted by Crippen LogP contribution is 2.61. The van der Waals surface area contributed by atoms with Crippen LogP contribution in [-0.4, -0.2) is 30.8 Å². The summed E-state index contributed by atoms with van der Waals surface area (Å²) >= 11 is 0. The van der Waals surface area contributed by atoms with Crippen LogP contribution in [0.2, 0.25) is 0 Å². The summed E-state index contributed by atoms with van der Waals surface area (Å²) in [4.78, 5) is 22.5. The molecule has 4 fully saturated rings. The maximum absolute atomic E-state index is 11.5. The summed E-state index contributed by atoms with van der Waals surface area (Å²) in [7, 11) is 5.14. The van der Waals surface area contributed by atoms with E-state index in [4.69, 9.17) is 7.85 Å². The Morgan fingerprint density at radius 3 is 1.89 bits per heavy atom. The minimum Gasteiger partial charge on any atom is -0.480 e. The van der Waals surface area contributed by atoms with E-state index in [-0.39, 0.29) is 5.41 Å². The van der Waals surface area contributed by atoms with Crippen LogP contribution in [0.5, 0.6) is 0 Å². The second-order valence-electron chi connectivity index (χ2n) is 6.56. The first kappa shape index (κ1) is 12.1. The summed E-state index contributed by atoms with van der Waals surface area (Å²) in [6.45, 7) is 0. The average Bonchev–Trinajstić information content (AvgIpc) is 2.23. The predicted molar refractivity (Wildman–Crippen MR) is 66.3 cm³/mol. The maximum Gasteiger partial charge on any atom is 0.326 e. The largest absolute Gasteiger partial charge is 0.480 e. The van der Waals surface area contributed by atoms with E-state index in [9.17, 15) is 14.7 Å². The lowest BCUT2D eigenvalue weighted by Crippen LogP contribution is -2.59. The fourth-order valence-electron chi connectivity index (χ4n) is 5.15. The van der Waals surface area contributed by atoms with Crippen molar-refractivity contribution in [2.75, 3.05) is 0 Å². The highest BCUT2D eigenvalue weighted by molar-refractivity contribution is 6.57. The number of amides is 1. The third-order valence-electron chi connectivity index (χ3n) is 5.23. The van der Waals surface area contributed by atoms with E-state index in [0.717, 1.165) is 19.3 Å². The van der Waals surface area contributed by atoms with E-state index in [1.165, 1.54) is 19.3 Å². The number of hydrogen-bond acceptors (Lipinski definition) is 2. The van der Waals surface area contributed by atoms with E-state index in [2.05, 4.69) is 5.32 Å². The van der Waals surface area contributed by atoms with Gasteiger partial charge in [0, 0.05) is 5.41 Å². The number of hydrogen-bond donors (Lipinski definition) is 2. The lowest BCUT2D eigenvalue weighted by Gasteiger charge is -2.58. The van der Waals surface area contributed by atoms with Gasteiger partial charge < -0.3 is 10.4 Å². The van der Waals surface area contributed by atoms with Crippen LogP contribution in [-0.2, 0) is 4.79 Å². The zero-order valence-corrected chi connectivity index (χ0v) is 10.4. The highest BCUT2D eigenvalue weighted by Gasteiger charge is 2.56. The molecular weight excluding hydrogens is 229 g/mol. The van der Waals surface area contributed by atoms with E-state index in [1.807, 2.05) is 0 Å². The molecule has 0 aromatic rings. The Hall–Kier alpha value is -0.995. The maximum atomic E-state index is 11.5. The zero-order chi connectivity index (χ0) is 12.9. The third kappa shape index (κ3) is 1.84. The lowest BCUT2D eigenvalue weighted by molar-refractivity contribution is -0.150. The molecule has 4 rings (SSSR count). The minimum atomic E-state index is -0.934. The SMILES string of the molecule is [B]C(=O)NC(C(=O)O)C12CC3CC(CC(C3)C1)C2. The van der Waals surface area contributed by atoms with E-state index >= 15 is 0 Å². The van der Waals surface area contributed by atoms with Gasteiger partial charge >= 0.3 is 5.97 Å². The predicted octanol–water partition coefficient (Wildman–Crippen LogP) is 1.53. The molecule has 4 aliphatic carbocycles. The van der Waals surface area contributed by atoms with Gasteiger partial charge in [0.25, 0.3) is 0 Å². The molecule has 96 valence electrons. The summed E-state index contributed by atoms with van der Waals surface area (Å²) in [5.74, 6) is 0.322. The molecule has 5 heteroatoms. The van der Waals surface area contributed by atoms with Gasteiger partial charge in [0.05, 0.1) is 0 Å². The minimum absolute atomic E-state index is 0.240. The Labute approximate surface area is 108 Å². The van der Waals surface area contributed by atoms with Crippen molar-refractivity contribution >= 4 is 19.6 Å². The Kier molecular flexibility index (Phi) is 2.68. The molecule has 0 saturated heterocycles. The average molecular weight is 247 g/mol. The molecule has 4 nitrogen and oxygen atoms in total. The van der Waals surface area contributed by atoms with Crippen molar-refractivity contribution in [3.05, 3.63) is 0 Å². The van der Waals surface area contributed by atoms with Gasteiger partial charge in [-0.2, -0.15) is 0 Å². The van der Waals surface area contributed by atoms with Crippen LogP contribution in [0.15, 0.2) is 0 Å². The van der Waals surface area contributed by atoms with Crippen molar-refractivity contribution in [2.45, 2.75) is 44.6 Å². The Bertz CT molecular complexity index is 360. The van der Waals surface area contributed by atoms with Gasteiger partial charge in [-0.3, -0.25) is 4.79 Å². The highest BCUT2D eigenvalue weighted by atomic mass is 16.4. The fraction of sp³-hybridized carbons (Fsp3) is 0.846. The topological polar surface area (TPSA) is 66.4 Å².